The third kappa shape index (κ3) is 9.31. The van der Waals surface area contributed by atoms with Crippen LogP contribution in [0.3, 0.4) is 0 Å². The van der Waals surface area contributed by atoms with Crippen molar-refractivity contribution in [3.8, 4) is 0 Å². The lowest BCUT2D eigenvalue weighted by Crippen LogP contribution is -2.20. The molecular formula is C54H54N4. The van der Waals surface area contributed by atoms with Gasteiger partial charge in [0.2, 0.25) is 0 Å². The third-order valence-electron chi connectivity index (χ3n) is 9.82. The van der Waals surface area contributed by atoms with E-state index in [0.29, 0.717) is 0 Å². The summed E-state index contributed by atoms with van der Waals surface area (Å²) in [5, 5.41) is 0. The van der Waals surface area contributed by atoms with Gasteiger partial charge < -0.3 is 19.6 Å². The van der Waals surface area contributed by atoms with E-state index in [9.17, 15) is 0 Å². The Hall–Kier alpha value is -7.04. The first-order chi connectivity index (χ1) is 28.5. The van der Waals surface area contributed by atoms with Crippen molar-refractivity contribution < 1.29 is 0 Å². The van der Waals surface area contributed by atoms with Gasteiger partial charge in [0.1, 0.15) is 0 Å². The van der Waals surface area contributed by atoms with Gasteiger partial charge in [0.15, 0.2) is 0 Å². The predicted molar refractivity (Wildman–Crippen MR) is 253 cm³/mol. The van der Waals surface area contributed by atoms with Gasteiger partial charge >= 0.3 is 0 Å². The molecule has 4 nitrogen and oxygen atoms in total. The molecule has 6 aromatic carbocycles. The maximum absolute atomic E-state index is 2.33. The van der Waals surface area contributed by atoms with E-state index >= 15 is 0 Å². The molecule has 0 radical (unpaired) electrons. The maximum atomic E-state index is 2.33. The van der Waals surface area contributed by atoms with Crippen molar-refractivity contribution in [1.82, 2.24) is 0 Å². The number of benzene rings is 6. The molecule has 0 atom stereocenters. The summed E-state index contributed by atoms with van der Waals surface area (Å²) in [5.74, 6) is 0. The Kier molecular flexibility index (Phi) is 14.2. The fourth-order valence-corrected chi connectivity index (χ4v) is 7.18. The van der Waals surface area contributed by atoms with Crippen LogP contribution in [-0.2, 0) is 0 Å². The van der Waals surface area contributed by atoms with Crippen LogP contribution in [0.4, 0.5) is 51.2 Å². The Morgan fingerprint density at radius 1 is 0.293 bits per heavy atom. The molecule has 0 bridgehead atoms. The zero-order chi connectivity index (χ0) is 40.7. The lowest BCUT2D eigenvalue weighted by molar-refractivity contribution is 1.12. The van der Waals surface area contributed by atoms with E-state index in [1.54, 1.807) is 0 Å². The van der Waals surface area contributed by atoms with Crippen molar-refractivity contribution in [2.45, 2.75) is 41.5 Å². The molecule has 6 rings (SSSR count). The van der Waals surface area contributed by atoms with Gasteiger partial charge in [-0.25, -0.2) is 0 Å². The number of nitrogens with zero attached hydrogens (tertiary/aromatic N) is 4. The Bertz CT molecular complexity index is 2300. The lowest BCUT2D eigenvalue weighted by Gasteiger charge is -2.31. The molecule has 0 N–H and O–H groups in total. The van der Waals surface area contributed by atoms with Gasteiger partial charge in [-0.05, 0) is 169 Å². The molecule has 4 heteroatoms. The minimum atomic E-state index is 1.05. The summed E-state index contributed by atoms with van der Waals surface area (Å²) in [7, 11) is 0. The summed E-state index contributed by atoms with van der Waals surface area (Å²) in [5.41, 5.74) is 13.0. The van der Waals surface area contributed by atoms with Crippen LogP contribution >= 0.6 is 0 Å². The van der Waals surface area contributed by atoms with E-state index in [-0.39, 0.29) is 0 Å². The van der Waals surface area contributed by atoms with Gasteiger partial charge in [-0.1, -0.05) is 91.1 Å². The number of anilines is 9. The summed E-state index contributed by atoms with van der Waals surface area (Å²) in [4.78, 5) is 9.21. The van der Waals surface area contributed by atoms with Gasteiger partial charge in [-0.3, -0.25) is 0 Å². The molecule has 0 aliphatic carbocycles. The molecule has 290 valence electrons. The highest BCUT2D eigenvalue weighted by Crippen LogP contribution is 2.41. The standard InChI is InChI=1S/C54H54N4/c1-7-22-43(10-4)55(44(11-5)23-8-2)49-31-35-52(36-32-49)58(53-37-33-50(34-38-53)56(45(12-6)24-9-3)46-25-16-13-17-26-46)54-41-39-51(40-42-54)57(47-27-18-14-19-28-47)48-29-20-15-21-30-48/h7-42H,1-6H3/b22-7-,23-8-,24-9-,43-10+,44-11+,45-12+. The smallest absolute Gasteiger partial charge is 0.0463 e. The van der Waals surface area contributed by atoms with E-state index in [0.717, 1.165) is 68.3 Å². The summed E-state index contributed by atoms with van der Waals surface area (Å²) in [6.07, 6.45) is 19.2. The molecule has 0 amide bonds. The highest BCUT2D eigenvalue weighted by Gasteiger charge is 2.19. The second kappa shape index (κ2) is 20.2. The normalized spacial score (nSPS) is 12.4. The van der Waals surface area contributed by atoms with Crippen molar-refractivity contribution in [1.29, 1.82) is 0 Å². The molecule has 6 aromatic rings. The summed E-state index contributed by atoms with van der Waals surface area (Å²) < 4.78 is 0. The summed E-state index contributed by atoms with van der Waals surface area (Å²) in [6, 6.07) is 58.2. The zero-order valence-electron chi connectivity index (χ0n) is 34.6. The predicted octanol–water partition coefficient (Wildman–Crippen LogP) is 16.0. The number of hydrogen-bond acceptors (Lipinski definition) is 4. The molecule has 0 heterocycles. The molecule has 0 aliphatic heterocycles. The van der Waals surface area contributed by atoms with Crippen LogP contribution in [0.2, 0.25) is 0 Å². The Morgan fingerprint density at radius 3 is 0.879 bits per heavy atom. The van der Waals surface area contributed by atoms with E-state index in [4.69, 9.17) is 0 Å². The SMILES string of the molecule is C/C=C\C(=C/C)N(C(/C=C\C)=C/C)c1ccc(N(c2ccc(N(C(/C=C\C)=C/C)c3ccccc3)cc2)c2ccc(N(c3ccccc3)c3ccccc3)cc2)cc1. The second-order valence-corrected chi connectivity index (χ2v) is 13.5. The minimum Gasteiger partial charge on any atom is -0.311 e. The van der Waals surface area contributed by atoms with Gasteiger partial charge in [-0.15, -0.1) is 0 Å². The maximum Gasteiger partial charge on any atom is 0.0463 e. The minimum absolute atomic E-state index is 1.05. The number of hydrogen-bond donors (Lipinski definition) is 0. The average molecular weight is 759 g/mol. The first-order valence-corrected chi connectivity index (χ1v) is 20.1. The van der Waals surface area contributed by atoms with Gasteiger partial charge in [0.25, 0.3) is 0 Å². The van der Waals surface area contributed by atoms with Crippen molar-refractivity contribution >= 4 is 51.2 Å². The Morgan fingerprint density at radius 2 is 0.552 bits per heavy atom. The van der Waals surface area contributed by atoms with E-state index < -0.39 is 0 Å². The van der Waals surface area contributed by atoms with Crippen LogP contribution in [0.5, 0.6) is 0 Å². The number of rotatable bonds is 15. The first-order valence-electron chi connectivity index (χ1n) is 20.1. The van der Waals surface area contributed by atoms with Crippen molar-refractivity contribution in [2.75, 3.05) is 19.6 Å². The summed E-state index contributed by atoms with van der Waals surface area (Å²) in [6.45, 7) is 12.4. The number of allylic oxidation sites excluding steroid dienone is 9. The third-order valence-corrected chi connectivity index (χ3v) is 9.82. The molecular weight excluding hydrogens is 705 g/mol. The summed E-state index contributed by atoms with van der Waals surface area (Å²) >= 11 is 0. The van der Waals surface area contributed by atoms with Crippen LogP contribution in [-0.4, -0.2) is 0 Å². The molecule has 0 fully saturated rings. The molecule has 0 spiro atoms. The molecule has 0 unspecified atom stereocenters. The molecule has 58 heavy (non-hydrogen) atoms. The molecule has 0 aliphatic rings. The second-order valence-electron chi connectivity index (χ2n) is 13.5. The van der Waals surface area contributed by atoms with Crippen LogP contribution in [0, 0.1) is 0 Å². The van der Waals surface area contributed by atoms with E-state index in [1.807, 2.05) is 0 Å². The van der Waals surface area contributed by atoms with Gasteiger partial charge in [-0.2, -0.15) is 0 Å². The average Bonchev–Trinajstić information content (AvgIpc) is 3.28. The largest absolute Gasteiger partial charge is 0.311 e. The van der Waals surface area contributed by atoms with E-state index in [1.165, 1.54) is 0 Å². The van der Waals surface area contributed by atoms with Gasteiger partial charge in [0.05, 0.1) is 0 Å². The highest BCUT2D eigenvalue weighted by atomic mass is 15.2. The van der Waals surface area contributed by atoms with Crippen LogP contribution in [0.1, 0.15) is 41.5 Å². The Labute approximate surface area is 346 Å². The fourth-order valence-electron chi connectivity index (χ4n) is 7.18. The van der Waals surface area contributed by atoms with Crippen molar-refractivity contribution in [3.63, 3.8) is 0 Å². The van der Waals surface area contributed by atoms with E-state index in [2.05, 4.69) is 280 Å². The fraction of sp³-hybridized carbons (Fsp3) is 0.111. The van der Waals surface area contributed by atoms with Crippen LogP contribution in [0.25, 0.3) is 0 Å². The van der Waals surface area contributed by atoms with Crippen molar-refractivity contribution in [3.05, 3.63) is 236 Å². The topological polar surface area (TPSA) is 13.0 Å². The first kappa shape index (κ1) is 40.6. The monoisotopic (exact) mass is 758 g/mol. The van der Waals surface area contributed by atoms with Crippen LogP contribution in [0.15, 0.2) is 236 Å². The highest BCUT2D eigenvalue weighted by molar-refractivity contribution is 5.83. The quantitative estimate of drug-likeness (QED) is 0.0967. The van der Waals surface area contributed by atoms with Gasteiger partial charge in [0, 0.05) is 68.3 Å². The molecule has 0 saturated heterocycles. The molecule has 0 aromatic heterocycles. The van der Waals surface area contributed by atoms with Crippen molar-refractivity contribution in [2.24, 2.45) is 0 Å². The molecule has 0 saturated carbocycles. The lowest BCUT2D eigenvalue weighted by atomic mass is 10.1. The Balaban J connectivity index is 1.47. The number of para-hydroxylation sites is 3. The zero-order valence-corrected chi connectivity index (χ0v) is 34.6. The van der Waals surface area contributed by atoms with Crippen LogP contribution < -0.4 is 19.6 Å².